The average Bonchev–Trinajstić information content (AvgIpc) is 2.90. The van der Waals surface area contributed by atoms with Gasteiger partial charge >= 0.3 is 5.97 Å². The highest BCUT2D eigenvalue weighted by molar-refractivity contribution is 5.99. The molecule has 0 atom stereocenters. The molecule has 0 unspecified atom stereocenters. The molecule has 136 valence electrons. The van der Waals surface area contributed by atoms with Crippen LogP contribution in [0.2, 0.25) is 0 Å². The van der Waals surface area contributed by atoms with Crippen molar-refractivity contribution in [2.24, 2.45) is 11.8 Å². The summed E-state index contributed by atoms with van der Waals surface area (Å²) in [4.78, 5) is 25.6. The second kappa shape index (κ2) is 6.98. The molecule has 0 bridgehead atoms. The molecule has 0 N–H and O–H groups in total. The molecule has 1 aliphatic carbocycles. The molecular weight excluding hydrogens is 332 g/mol. The molecule has 0 saturated heterocycles. The van der Waals surface area contributed by atoms with Crippen LogP contribution in [0.1, 0.15) is 41.6 Å². The number of methoxy groups -OCH3 is 2. The van der Waals surface area contributed by atoms with E-state index in [0.717, 1.165) is 25.7 Å². The first-order valence-corrected chi connectivity index (χ1v) is 8.38. The van der Waals surface area contributed by atoms with E-state index in [9.17, 15) is 18.4 Å². The lowest BCUT2D eigenvalue weighted by molar-refractivity contribution is -0.146. The maximum Gasteiger partial charge on any atom is 0.308 e. The minimum Gasteiger partial charge on any atom is -0.491 e. The summed E-state index contributed by atoms with van der Waals surface area (Å²) >= 11 is 0. The molecule has 0 aromatic heterocycles. The molecule has 0 radical (unpaired) electrons. The third kappa shape index (κ3) is 3.19. The fourth-order valence-corrected chi connectivity index (χ4v) is 3.84. The number of amides is 1. The summed E-state index contributed by atoms with van der Waals surface area (Å²) < 4.78 is 37.7. The molecule has 25 heavy (non-hydrogen) atoms. The van der Waals surface area contributed by atoms with Gasteiger partial charge in [0, 0.05) is 13.1 Å². The molecule has 2 aliphatic rings. The minimum atomic E-state index is -0.931. The molecule has 3 rings (SSSR count). The van der Waals surface area contributed by atoms with Crippen LogP contribution in [0.15, 0.2) is 6.07 Å². The lowest BCUT2D eigenvalue weighted by Crippen LogP contribution is -2.33. The van der Waals surface area contributed by atoms with Gasteiger partial charge in [-0.15, -0.1) is 0 Å². The molecule has 1 saturated carbocycles. The average molecular weight is 353 g/mol. The van der Waals surface area contributed by atoms with E-state index < -0.39 is 23.3 Å². The first-order chi connectivity index (χ1) is 12.0. The molecule has 1 heterocycles. The van der Waals surface area contributed by atoms with Crippen LogP contribution in [0, 0.1) is 23.5 Å². The van der Waals surface area contributed by atoms with E-state index in [4.69, 9.17) is 9.47 Å². The van der Waals surface area contributed by atoms with Crippen LogP contribution in [0.25, 0.3) is 0 Å². The third-order valence-electron chi connectivity index (χ3n) is 5.18. The normalized spacial score (nSPS) is 22.7. The van der Waals surface area contributed by atoms with Gasteiger partial charge in [0.1, 0.15) is 0 Å². The van der Waals surface area contributed by atoms with Crippen LogP contribution < -0.4 is 4.74 Å². The lowest BCUT2D eigenvalue weighted by atomic mass is 9.82. The topological polar surface area (TPSA) is 55.8 Å². The van der Waals surface area contributed by atoms with Gasteiger partial charge in [0.25, 0.3) is 5.91 Å². The molecular formula is C18H21F2NO4. The van der Waals surface area contributed by atoms with Crippen LogP contribution in [-0.2, 0) is 16.1 Å². The van der Waals surface area contributed by atoms with Crippen LogP contribution in [0.3, 0.4) is 0 Å². The number of hydrogen-bond donors (Lipinski definition) is 0. The smallest absolute Gasteiger partial charge is 0.308 e. The van der Waals surface area contributed by atoms with E-state index in [1.54, 1.807) is 4.90 Å². The highest BCUT2D eigenvalue weighted by Crippen LogP contribution is 2.35. The largest absolute Gasteiger partial charge is 0.491 e. The molecule has 1 aromatic carbocycles. The lowest BCUT2D eigenvalue weighted by Gasteiger charge is -2.30. The van der Waals surface area contributed by atoms with Gasteiger partial charge in [0.2, 0.25) is 0 Å². The second-order valence-corrected chi connectivity index (χ2v) is 6.67. The number of halogens is 2. The predicted molar refractivity (Wildman–Crippen MR) is 85.1 cm³/mol. The Labute approximate surface area is 144 Å². The summed E-state index contributed by atoms with van der Waals surface area (Å²) in [5.41, 5.74) is 0.255. The van der Waals surface area contributed by atoms with Crippen LogP contribution in [0.4, 0.5) is 8.78 Å². The number of rotatable bonds is 4. The zero-order valence-electron chi connectivity index (χ0n) is 14.3. The number of nitrogens with zero attached hydrogens (tertiary/aromatic N) is 1. The van der Waals surface area contributed by atoms with Crippen LogP contribution in [0.5, 0.6) is 5.75 Å². The highest BCUT2D eigenvalue weighted by atomic mass is 19.1. The van der Waals surface area contributed by atoms with Crippen LogP contribution >= 0.6 is 0 Å². The first kappa shape index (κ1) is 17.6. The maximum atomic E-state index is 14.4. The predicted octanol–water partition coefficient (Wildman–Crippen LogP) is 2.91. The Bertz CT molecular complexity index is 699. The summed E-state index contributed by atoms with van der Waals surface area (Å²) in [6, 6.07) is 1.17. The van der Waals surface area contributed by atoms with Gasteiger partial charge in [0.15, 0.2) is 17.4 Å². The van der Waals surface area contributed by atoms with Crippen molar-refractivity contribution in [2.75, 3.05) is 20.8 Å². The van der Waals surface area contributed by atoms with Gasteiger partial charge in [-0.3, -0.25) is 9.59 Å². The van der Waals surface area contributed by atoms with Crippen molar-refractivity contribution in [1.29, 1.82) is 0 Å². The Morgan fingerprint density at radius 1 is 1.24 bits per heavy atom. The zero-order valence-corrected chi connectivity index (χ0v) is 14.3. The van der Waals surface area contributed by atoms with Crippen molar-refractivity contribution in [3.05, 3.63) is 28.8 Å². The summed E-state index contributed by atoms with van der Waals surface area (Å²) in [5.74, 6) is -2.70. The number of fused-ring (bicyclic) bond motifs is 1. The van der Waals surface area contributed by atoms with Gasteiger partial charge < -0.3 is 14.4 Å². The molecule has 1 aliphatic heterocycles. The summed E-state index contributed by atoms with van der Waals surface area (Å²) in [7, 11) is 2.56. The Hall–Kier alpha value is -2.18. The Balaban J connectivity index is 1.67. The Morgan fingerprint density at radius 2 is 1.92 bits per heavy atom. The van der Waals surface area contributed by atoms with Crippen molar-refractivity contribution < 1.29 is 27.8 Å². The van der Waals surface area contributed by atoms with Gasteiger partial charge in [-0.2, -0.15) is 0 Å². The maximum absolute atomic E-state index is 14.4. The molecule has 1 aromatic rings. The fourth-order valence-electron chi connectivity index (χ4n) is 3.84. The fraction of sp³-hybridized carbons (Fsp3) is 0.556. The van der Waals surface area contributed by atoms with Gasteiger partial charge in [-0.25, -0.2) is 8.78 Å². The second-order valence-electron chi connectivity index (χ2n) is 6.67. The highest BCUT2D eigenvalue weighted by Gasteiger charge is 2.36. The summed E-state index contributed by atoms with van der Waals surface area (Å²) in [5, 5.41) is 0. The first-order valence-electron chi connectivity index (χ1n) is 8.38. The van der Waals surface area contributed by atoms with E-state index in [1.165, 1.54) is 20.3 Å². The number of carbonyl (C=O) groups excluding carboxylic acids is 2. The van der Waals surface area contributed by atoms with E-state index in [1.807, 2.05) is 0 Å². The summed E-state index contributed by atoms with van der Waals surface area (Å²) in [6.07, 6.45) is 3.06. The van der Waals surface area contributed by atoms with Crippen molar-refractivity contribution in [3.63, 3.8) is 0 Å². The van der Waals surface area contributed by atoms with Crippen molar-refractivity contribution in [1.82, 2.24) is 4.90 Å². The molecule has 5 nitrogen and oxygen atoms in total. The number of esters is 1. The Kier molecular flexibility index (Phi) is 4.92. The number of carbonyl (C=O) groups is 2. The molecule has 0 spiro atoms. The molecule has 1 amide bonds. The molecule has 1 fully saturated rings. The standard InChI is InChI=1S/C18H21F2NO4/c1-24-16-13(19)7-12-9-21(17(22)14(12)15(16)20)8-10-3-5-11(6-4-10)18(23)25-2/h7,10-11H,3-6,8-9H2,1-2H3. The van der Waals surface area contributed by atoms with E-state index in [0.29, 0.717) is 12.1 Å². The Morgan fingerprint density at radius 3 is 2.52 bits per heavy atom. The van der Waals surface area contributed by atoms with Gasteiger partial charge in [0.05, 0.1) is 25.7 Å². The van der Waals surface area contributed by atoms with E-state index in [2.05, 4.69) is 0 Å². The molecule has 7 heteroatoms. The third-order valence-corrected chi connectivity index (χ3v) is 5.18. The summed E-state index contributed by atoms with van der Waals surface area (Å²) in [6.45, 7) is 0.674. The number of hydrogen-bond acceptors (Lipinski definition) is 4. The van der Waals surface area contributed by atoms with E-state index >= 15 is 0 Å². The minimum absolute atomic E-state index is 0.0801. The van der Waals surface area contributed by atoms with Gasteiger partial charge in [-0.05, 0) is 43.2 Å². The monoisotopic (exact) mass is 353 g/mol. The van der Waals surface area contributed by atoms with Gasteiger partial charge in [-0.1, -0.05) is 0 Å². The van der Waals surface area contributed by atoms with Crippen molar-refractivity contribution in [3.8, 4) is 5.75 Å². The van der Waals surface area contributed by atoms with Crippen LogP contribution in [-0.4, -0.2) is 37.5 Å². The quantitative estimate of drug-likeness (QED) is 0.781. The zero-order chi connectivity index (χ0) is 18.1. The number of ether oxygens (including phenoxy) is 2. The van der Waals surface area contributed by atoms with Crippen molar-refractivity contribution in [2.45, 2.75) is 32.2 Å². The van der Waals surface area contributed by atoms with E-state index in [-0.39, 0.29) is 29.9 Å². The number of benzene rings is 1. The SMILES string of the molecule is COC(=O)C1CCC(CN2Cc3cc(F)c(OC)c(F)c3C2=O)CC1. The van der Waals surface area contributed by atoms with Crippen molar-refractivity contribution >= 4 is 11.9 Å².